The van der Waals surface area contributed by atoms with Crippen LogP contribution in [0.1, 0.15) is 10.5 Å². The molecule has 0 atom stereocenters. The smallest absolute Gasteiger partial charge is 0.275 e. The summed E-state index contributed by atoms with van der Waals surface area (Å²) in [6.07, 6.45) is 5.15. The monoisotopic (exact) mass is 494 g/mol. The molecule has 1 fully saturated rings. The summed E-state index contributed by atoms with van der Waals surface area (Å²) in [5, 5.41) is 20.7. The lowest BCUT2D eigenvalue weighted by Crippen LogP contribution is -2.43. The van der Waals surface area contributed by atoms with Crippen LogP contribution in [0.4, 0.5) is 11.4 Å². The molecule has 0 saturated carbocycles. The first-order valence-corrected chi connectivity index (χ1v) is 12.1. The Bertz CT molecular complexity index is 1330. The van der Waals surface area contributed by atoms with Crippen LogP contribution in [-0.2, 0) is 4.74 Å². The summed E-state index contributed by atoms with van der Waals surface area (Å²) in [5.74, 6) is 0.405. The van der Waals surface area contributed by atoms with Crippen molar-refractivity contribution in [2.75, 3.05) is 56.7 Å². The number of nitrogens with one attached hydrogen (secondary N) is 2. The quantitative estimate of drug-likeness (QED) is 0.321. The first kappa shape index (κ1) is 23.1. The lowest BCUT2D eigenvalue weighted by Gasteiger charge is -2.30. The summed E-state index contributed by atoms with van der Waals surface area (Å²) < 4.78 is 12.2. The van der Waals surface area contributed by atoms with E-state index in [1.807, 2.05) is 12.1 Å². The molecule has 11 heteroatoms. The second-order valence-corrected chi connectivity index (χ2v) is 8.85. The summed E-state index contributed by atoms with van der Waals surface area (Å²) in [6.45, 7) is 4.42. The maximum Gasteiger partial charge on any atom is 0.275 e. The number of ether oxygens (including phenoxy) is 2. The number of hydrogen-bond donors (Lipinski definition) is 3. The van der Waals surface area contributed by atoms with Crippen molar-refractivity contribution in [3.05, 3.63) is 53.9 Å². The topological polar surface area (TPSA) is 114 Å². The van der Waals surface area contributed by atoms with E-state index in [0.717, 1.165) is 37.3 Å². The molecular weight excluding hydrogens is 468 g/mol. The number of hydrogen-bond acceptors (Lipinski definition) is 9. The molecule has 1 aliphatic rings. The molecule has 4 heterocycles. The number of thiazole rings is 1. The molecule has 3 aromatic heterocycles. The molecule has 10 nitrogen and oxygen atoms in total. The van der Waals surface area contributed by atoms with Crippen LogP contribution in [0.25, 0.3) is 15.9 Å². The molecule has 0 bridgehead atoms. The third-order valence-corrected chi connectivity index (χ3v) is 6.59. The zero-order valence-electron chi connectivity index (χ0n) is 19.2. The Morgan fingerprint density at radius 3 is 2.94 bits per heavy atom. The standard InChI is InChI=1S/C24H26N6O4S/c1-33-10-11-34-17-2-3-18-16(12-17)14-30(23(18)32)24-28-20(15-35-24)22(31)27-19-13-26-5-4-21(19)29-8-6-25-7-9-29/h2-5,12-15,25,32H,6-11H2,1H3,(H,27,31). The zero-order valence-corrected chi connectivity index (χ0v) is 20.0. The number of amides is 1. The number of fused-ring (bicyclic) bond motifs is 1. The number of benzene rings is 1. The molecule has 1 amide bonds. The minimum Gasteiger partial charge on any atom is -0.494 e. The molecule has 5 rings (SSSR count). The van der Waals surface area contributed by atoms with E-state index in [1.165, 1.54) is 11.3 Å². The van der Waals surface area contributed by atoms with Gasteiger partial charge in [0.1, 0.15) is 18.1 Å². The van der Waals surface area contributed by atoms with E-state index in [9.17, 15) is 9.90 Å². The molecule has 1 aromatic carbocycles. The SMILES string of the molecule is COCCOc1ccc2c(O)n(-c3nc(C(=O)Nc4cnccc4N4CCNCC4)cs3)cc2c1. The van der Waals surface area contributed by atoms with Gasteiger partial charge in [0.05, 0.1) is 24.2 Å². The van der Waals surface area contributed by atoms with Gasteiger partial charge in [-0.05, 0) is 24.3 Å². The average Bonchev–Trinajstić information content (AvgIpc) is 3.50. The number of nitrogens with zero attached hydrogens (tertiary/aromatic N) is 4. The number of rotatable bonds is 8. The molecule has 1 aliphatic heterocycles. The molecule has 0 aliphatic carbocycles. The van der Waals surface area contributed by atoms with E-state index in [0.29, 0.717) is 35.2 Å². The highest BCUT2D eigenvalue weighted by Crippen LogP contribution is 2.33. The van der Waals surface area contributed by atoms with Crippen LogP contribution in [0.3, 0.4) is 0 Å². The molecule has 182 valence electrons. The normalized spacial score (nSPS) is 13.8. The Hall–Kier alpha value is -3.67. The molecule has 0 spiro atoms. The minimum absolute atomic E-state index is 0.0537. The number of piperazine rings is 1. The predicted molar refractivity (Wildman–Crippen MR) is 135 cm³/mol. The van der Waals surface area contributed by atoms with Crippen LogP contribution in [-0.4, -0.2) is 72.1 Å². The van der Waals surface area contributed by atoms with Crippen LogP contribution < -0.4 is 20.3 Å². The number of aromatic hydroxyl groups is 1. The van der Waals surface area contributed by atoms with Crippen molar-refractivity contribution in [1.29, 1.82) is 0 Å². The van der Waals surface area contributed by atoms with Crippen molar-refractivity contribution >= 4 is 39.4 Å². The molecule has 0 unspecified atom stereocenters. The average molecular weight is 495 g/mol. The van der Waals surface area contributed by atoms with Crippen LogP contribution in [0.5, 0.6) is 11.6 Å². The number of methoxy groups -OCH3 is 1. The number of pyridine rings is 1. The third kappa shape index (κ3) is 4.92. The summed E-state index contributed by atoms with van der Waals surface area (Å²) in [4.78, 5) is 23.9. The summed E-state index contributed by atoms with van der Waals surface area (Å²) >= 11 is 1.27. The van der Waals surface area contributed by atoms with Gasteiger partial charge >= 0.3 is 0 Å². The van der Waals surface area contributed by atoms with Crippen molar-refractivity contribution in [1.82, 2.24) is 19.9 Å². The second-order valence-electron chi connectivity index (χ2n) is 8.01. The van der Waals surface area contributed by atoms with Crippen LogP contribution in [0.15, 0.2) is 48.2 Å². The predicted octanol–water partition coefficient (Wildman–Crippen LogP) is 2.87. The molecule has 1 saturated heterocycles. The Labute approximate surface area is 206 Å². The molecule has 3 N–H and O–H groups in total. The molecular formula is C24H26N6O4S. The van der Waals surface area contributed by atoms with Gasteiger partial charge in [0.15, 0.2) is 5.13 Å². The number of aromatic nitrogens is 3. The Morgan fingerprint density at radius 1 is 1.26 bits per heavy atom. The summed E-state index contributed by atoms with van der Waals surface area (Å²) in [6, 6.07) is 7.35. The van der Waals surface area contributed by atoms with Gasteiger partial charge in [0, 0.05) is 61.8 Å². The largest absolute Gasteiger partial charge is 0.494 e. The zero-order chi connectivity index (χ0) is 24.2. The molecule has 0 radical (unpaired) electrons. The Morgan fingerprint density at radius 2 is 2.11 bits per heavy atom. The lowest BCUT2D eigenvalue weighted by atomic mass is 10.2. The van der Waals surface area contributed by atoms with Crippen molar-refractivity contribution in [3.63, 3.8) is 0 Å². The lowest BCUT2D eigenvalue weighted by molar-refractivity contribution is 0.102. The highest BCUT2D eigenvalue weighted by Gasteiger charge is 2.19. The van der Waals surface area contributed by atoms with Crippen LogP contribution in [0.2, 0.25) is 0 Å². The summed E-state index contributed by atoms with van der Waals surface area (Å²) in [7, 11) is 1.62. The van der Waals surface area contributed by atoms with Gasteiger partial charge in [-0.15, -0.1) is 11.3 Å². The van der Waals surface area contributed by atoms with E-state index in [4.69, 9.17) is 9.47 Å². The van der Waals surface area contributed by atoms with E-state index < -0.39 is 0 Å². The Balaban J connectivity index is 1.35. The van der Waals surface area contributed by atoms with E-state index >= 15 is 0 Å². The van der Waals surface area contributed by atoms with Gasteiger partial charge < -0.3 is 30.1 Å². The summed E-state index contributed by atoms with van der Waals surface area (Å²) in [5.41, 5.74) is 1.84. The van der Waals surface area contributed by atoms with E-state index in [-0.39, 0.29) is 17.5 Å². The van der Waals surface area contributed by atoms with Gasteiger partial charge in [-0.2, -0.15) is 0 Å². The fourth-order valence-corrected chi connectivity index (χ4v) is 4.77. The maximum atomic E-state index is 13.0. The van der Waals surface area contributed by atoms with Gasteiger partial charge in [-0.1, -0.05) is 0 Å². The van der Waals surface area contributed by atoms with Crippen LogP contribution in [0, 0.1) is 0 Å². The van der Waals surface area contributed by atoms with Gasteiger partial charge in [0.25, 0.3) is 5.91 Å². The van der Waals surface area contributed by atoms with E-state index in [1.54, 1.807) is 47.8 Å². The highest BCUT2D eigenvalue weighted by atomic mass is 32.1. The number of anilines is 2. The van der Waals surface area contributed by atoms with Gasteiger partial charge in [-0.3, -0.25) is 14.3 Å². The molecule has 4 aromatic rings. The number of carbonyl (C=O) groups is 1. The van der Waals surface area contributed by atoms with Crippen LogP contribution >= 0.6 is 11.3 Å². The van der Waals surface area contributed by atoms with Gasteiger partial charge in [-0.25, -0.2) is 4.98 Å². The Kier molecular flexibility index (Phi) is 6.80. The third-order valence-electron chi connectivity index (χ3n) is 5.75. The fraction of sp³-hybridized carbons (Fsp3) is 0.292. The van der Waals surface area contributed by atoms with Crippen molar-refractivity contribution in [2.45, 2.75) is 0 Å². The highest BCUT2D eigenvalue weighted by molar-refractivity contribution is 7.12. The first-order valence-electron chi connectivity index (χ1n) is 11.3. The number of carbonyl (C=O) groups excluding carboxylic acids is 1. The van der Waals surface area contributed by atoms with Crippen molar-refractivity contribution < 1.29 is 19.4 Å². The molecule has 35 heavy (non-hydrogen) atoms. The maximum absolute atomic E-state index is 13.0. The minimum atomic E-state index is -0.332. The fourth-order valence-electron chi connectivity index (χ4n) is 3.99. The first-order chi connectivity index (χ1) is 17.1. The second kappa shape index (κ2) is 10.3. The van der Waals surface area contributed by atoms with Crippen molar-refractivity contribution in [2.24, 2.45) is 0 Å². The van der Waals surface area contributed by atoms with Gasteiger partial charge in [0.2, 0.25) is 5.88 Å². The van der Waals surface area contributed by atoms with E-state index in [2.05, 4.69) is 25.5 Å². The van der Waals surface area contributed by atoms with Crippen molar-refractivity contribution in [3.8, 4) is 16.8 Å².